The molecule has 0 bridgehead atoms. The Morgan fingerprint density at radius 2 is 1.94 bits per heavy atom. The molecule has 0 saturated carbocycles. The van der Waals surface area contributed by atoms with Crippen molar-refractivity contribution < 1.29 is 17.9 Å². The number of nitrogens with one attached hydrogen (secondary N) is 1. The number of hydrogen-bond donors (Lipinski definition) is 1. The predicted octanol–water partition coefficient (Wildman–Crippen LogP) is 2.82. The Hall–Kier alpha value is -3.68. The highest BCUT2D eigenvalue weighted by Gasteiger charge is 2.32. The molecule has 14 heteroatoms. The summed E-state index contributed by atoms with van der Waals surface area (Å²) in [6, 6.07) is 2.79. The summed E-state index contributed by atoms with van der Waals surface area (Å²) < 4.78 is 28.6. The van der Waals surface area contributed by atoms with Crippen LogP contribution < -0.4 is 10.2 Å². The average Bonchev–Trinajstić information content (AvgIpc) is 3.29. The van der Waals surface area contributed by atoms with Gasteiger partial charge in [0.2, 0.25) is 17.5 Å². The van der Waals surface area contributed by atoms with E-state index in [0.29, 0.717) is 43.3 Å². The van der Waals surface area contributed by atoms with Gasteiger partial charge in [-0.1, -0.05) is 19.0 Å². The second kappa shape index (κ2) is 9.29. The number of nitro groups is 1. The molecule has 180 valence electrons. The average molecular weight is 489 g/mol. The van der Waals surface area contributed by atoms with Gasteiger partial charge in [-0.3, -0.25) is 10.1 Å². The van der Waals surface area contributed by atoms with E-state index in [0.717, 1.165) is 6.26 Å². The van der Waals surface area contributed by atoms with Crippen molar-refractivity contribution in [3.8, 4) is 0 Å². The summed E-state index contributed by atoms with van der Waals surface area (Å²) in [5, 5.41) is 18.7. The first kappa shape index (κ1) is 23.5. The normalized spacial score (nSPS) is 15.0. The maximum Gasteiger partial charge on any atom is 0.353 e. The SMILES string of the molecule is CC(C)c1noc(C2CCN(c3ncnc(Nc4ccc(S(C)(=O)=O)nc4)c3[N+](=O)[O-])CC2)n1. The van der Waals surface area contributed by atoms with Crippen LogP contribution in [0.4, 0.5) is 23.0 Å². The molecule has 1 fully saturated rings. The number of piperidine rings is 1. The monoisotopic (exact) mass is 488 g/mol. The maximum atomic E-state index is 11.9. The fourth-order valence-electron chi connectivity index (χ4n) is 3.66. The Morgan fingerprint density at radius 1 is 1.21 bits per heavy atom. The number of pyridine rings is 1. The largest absolute Gasteiger partial charge is 0.353 e. The molecule has 0 radical (unpaired) electrons. The predicted molar refractivity (Wildman–Crippen MR) is 122 cm³/mol. The number of rotatable bonds is 7. The Balaban J connectivity index is 1.53. The summed E-state index contributed by atoms with van der Waals surface area (Å²) >= 11 is 0. The molecule has 1 aliphatic heterocycles. The Morgan fingerprint density at radius 3 is 2.50 bits per heavy atom. The molecule has 3 aromatic rings. The van der Waals surface area contributed by atoms with Crippen molar-refractivity contribution in [1.29, 1.82) is 0 Å². The van der Waals surface area contributed by atoms with E-state index in [2.05, 4.69) is 30.4 Å². The molecule has 0 amide bonds. The maximum absolute atomic E-state index is 11.9. The Kier molecular flexibility index (Phi) is 6.41. The first-order chi connectivity index (χ1) is 16.1. The molecule has 0 unspecified atom stereocenters. The van der Waals surface area contributed by atoms with Crippen LogP contribution >= 0.6 is 0 Å². The van der Waals surface area contributed by atoms with Crippen molar-refractivity contribution in [3.05, 3.63) is 46.5 Å². The van der Waals surface area contributed by atoms with Crippen LogP contribution in [0.25, 0.3) is 0 Å². The third kappa shape index (κ3) is 4.95. The van der Waals surface area contributed by atoms with E-state index in [9.17, 15) is 18.5 Å². The Labute approximate surface area is 195 Å². The van der Waals surface area contributed by atoms with Crippen LogP contribution in [0.15, 0.2) is 34.2 Å². The highest BCUT2D eigenvalue weighted by atomic mass is 32.2. The Bertz CT molecular complexity index is 1280. The van der Waals surface area contributed by atoms with E-state index in [1.54, 1.807) is 0 Å². The van der Waals surface area contributed by atoms with Gasteiger partial charge in [-0.2, -0.15) is 4.98 Å². The standard InChI is InChI=1S/C20H24N8O5S/c1-12(2)17-25-20(33-26-17)13-6-8-27(9-7-13)19-16(28(29)30)18(22-11-23-19)24-14-4-5-15(21-10-14)34(3,31)32/h4-5,10-13H,6-9H2,1-3H3,(H,22,23,24). The van der Waals surface area contributed by atoms with Crippen molar-refractivity contribution in [2.45, 2.75) is 43.6 Å². The van der Waals surface area contributed by atoms with Gasteiger partial charge < -0.3 is 14.7 Å². The molecule has 3 aromatic heterocycles. The third-order valence-electron chi connectivity index (χ3n) is 5.48. The van der Waals surface area contributed by atoms with Crippen molar-refractivity contribution >= 4 is 32.8 Å². The third-order valence-corrected chi connectivity index (χ3v) is 6.48. The van der Waals surface area contributed by atoms with E-state index in [4.69, 9.17) is 4.52 Å². The van der Waals surface area contributed by atoms with Crippen molar-refractivity contribution in [2.24, 2.45) is 0 Å². The van der Waals surface area contributed by atoms with E-state index in [-0.39, 0.29) is 34.2 Å². The summed E-state index contributed by atoms with van der Waals surface area (Å²) in [5.74, 6) is 1.70. The number of sulfone groups is 1. The lowest BCUT2D eigenvalue weighted by molar-refractivity contribution is -0.383. The van der Waals surface area contributed by atoms with Gasteiger partial charge in [0, 0.05) is 31.2 Å². The van der Waals surface area contributed by atoms with Crippen LogP contribution in [0.3, 0.4) is 0 Å². The molecule has 0 aromatic carbocycles. The molecule has 1 aliphatic rings. The molecule has 0 atom stereocenters. The lowest BCUT2D eigenvalue weighted by Crippen LogP contribution is -2.34. The van der Waals surface area contributed by atoms with Crippen LogP contribution in [-0.4, -0.2) is 57.8 Å². The van der Waals surface area contributed by atoms with Gasteiger partial charge in [0.25, 0.3) is 0 Å². The number of anilines is 3. The molecule has 1 saturated heterocycles. The minimum Gasteiger partial charge on any atom is -0.351 e. The number of nitrogens with zero attached hydrogens (tertiary/aromatic N) is 7. The summed E-state index contributed by atoms with van der Waals surface area (Å²) in [7, 11) is -3.46. The molecule has 4 heterocycles. The van der Waals surface area contributed by atoms with Crippen LogP contribution in [-0.2, 0) is 9.84 Å². The molecule has 1 N–H and O–H groups in total. The summed E-state index contributed by atoms with van der Waals surface area (Å²) in [5.41, 5.74) is 0.0873. The van der Waals surface area contributed by atoms with E-state index in [1.807, 2.05) is 18.7 Å². The summed E-state index contributed by atoms with van der Waals surface area (Å²) in [6.45, 7) is 5.03. The number of hydrogen-bond acceptors (Lipinski definition) is 12. The lowest BCUT2D eigenvalue weighted by Gasteiger charge is -2.30. The molecule has 0 spiro atoms. The molecule has 4 rings (SSSR count). The minimum absolute atomic E-state index is 0.00972. The fourth-order valence-corrected chi connectivity index (χ4v) is 4.22. The summed E-state index contributed by atoms with van der Waals surface area (Å²) in [6.07, 6.45) is 4.95. The molecule has 13 nitrogen and oxygen atoms in total. The quantitative estimate of drug-likeness (QED) is 0.381. The lowest BCUT2D eigenvalue weighted by atomic mass is 9.96. The van der Waals surface area contributed by atoms with Gasteiger partial charge in [-0.25, -0.2) is 23.4 Å². The smallest absolute Gasteiger partial charge is 0.351 e. The fraction of sp³-hybridized carbons (Fsp3) is 0.450. The van der Waals surface area contributed by atoms with Gasteiger partial charge in [0.05, 0.1) is 16.8 Å². The molecular weight excluding hydrogens is 464 g/mol. The highest BCUT2D eigenvalue weighted by molar-refractivity contribution is 7.90. The van der Waals surface area contributed by atoms with Gasteiger partial charge in [-0.15, -0.1) is 0 Å². The highest BCUT2D eigenvalue weighted by Crippen LogP contribution is 2.37. The van der Waals surface area contributed by atoms with Crippen molar-refractivity contribution in [3.63, 3.8) is 0 Å². The van der Waals surface area contributed by atoms with E-state index in [1.165, 1.54) is 24.7 Å². The first-order valence-corrected chi connectivity index (χ1v) is 12.5. The zero-order valence-corrected chi connectivity index (χ0v) is 19.7. The van der Waals surface area contributed by atoms with Gasteiger partial charge in [0.15, 0.2) is 20.7 Å². The summed E-state index contributed by atoms with van der Waals surface area (Å²) in [4.78, 5) is 29.8. The number of aromatic nitrogens is 5. The topological polar surface area (TPSA) is 170 Å². The van der Waals surface area contributed by atoms with Crippen molar-refractivity contribution in [1.82, 2.24) is 25.1 Å². The van der Waals surface area contributed by atoms with Gasteiger partial charge >= 0.3 is 5.69 Å². The molecule has 34 heavy (non-hydrogen) atoms. The second-order valence-corrected chi connectivity index (χ2v) is 10.3. The van der Waals surface area contributed by atoms with Gasteiger partial charge in [-0.05, 0) is 25.0 Å². The van der Waals surface area contributed by atoms with Crippen LogP contribution in [0.5, 0.6) is 0 Å². The van der Waals surface area contributed by atoms with Crippen LogP contribution in [0, 0.1) is 10.1 Å². The van der Waals surface area contributed by atoms with Gasteiger partial charge in [0.1, 0.15) is 6.33 Å². The minimum atomic E-state index is -3.46. The second-order valence-electron chi connectivity index (χ2n) is 8.34. The molecular formula is C20H24N8O5S. The van der Waals surface area contributed by atoms with Crippen LogP contribution in [0.2, 0.25) is 0 Å². The van der Waals surface area contributed by atoms with Crippen LogP contribution in [0.1, 0.15) is 50.2 Å². The zero-order chi connectivity index (χ0) is 24.5. The van der Waals surface area contributed by atoms with E-state index >= 15 is 0 Å². The first-order valence-electron chi connectivity index (χ1n) is 10.6. The molecule has 0 aliphatic carbocycles. The van der Waals surface area contributed by atoms with E-state index < -0.39 is 14.8 Å². The zero-order valence-electron chi connectivity index (χ0n) is 18.9. The van der Waals surface area contributed by atoms with Crippen molar-refractivity contribution in [2.75, 3.05) is 29.6 Å².